The molecule has 2 aromatic rings. The van der Waals surface area contributed by atoms with E-state index in [2.05, 4.69) is 9.88 Å². The molecule has 3 aliphatic rings. The molecule has 0 N–H and O–H groups in total. The van der Waals surface area contributed by atoms with E-state index in [-0.39, 0.29) is 5.60 Å². The van der Waals surface area contributed by atoms with Gasteiger partial charge in [0.25, 0.3) is 0 Å². The number of hydrogen-bond acceptors (Lipinski definition) is 6. The first-order chi connectivity index (χ1) is 12.3. The molecule has 2 aliphatic heterocycles. The average Bonchev–Trinajstić information content (AvgIpc) is 3.31. The fourth-order valence-corrected chi connectivity index (χ4v) is 4.14. The van der Waals surface area contributed by atoms with E-state index >= 15 is 0 Å². The van der Waals surface area contributed by atoms with Crippen LogP contribution in [0.25, 0.3) is 11.5 Å². The van der Waals surface area contributed by atoms with Gasteiger partial charge in [-0.1, -0.05) is 6.07 Å². The molecule has 0 radical (unpaired) electrons. The van der Waals surface area contributed by atoms with E-state index < -0.39 is 0 Å². The van der Waals surface area contributed by atoms with Gasteiger partial charge in [-0.3, -0.25) is 4.98 Å². The Kier molecular flexibility index (Phi) is 3.68. The minimum atomic E-state index is -0.167. The second-order valence-corrected chi connectivity index (χ2v) is 7.12. The van der Waals surface area contributed by atoms with Crippen LogP contribution >= 0.6 is 0 Å². The van der Waals surface area contributed by atoms with Gasteiger partial charge in [-0.25, -0.2) is 9.97 Å². The molecule has 4 heterocycles. The van der Waals surface area contributed by atoms with Crippen LogP contribution in [-0.4, -0.2) is 53.5 Å². The number of nitrogens with zero attached hydrogens (tertiary/aromatic N) is 4. The van der Waals surface area contributed by atoms with Crippen molar-refractivity contribution in [1.82, 2.24) is 15.0 Å². The normalized spacial score (nSPS) is 25.5. The Morgan fingerprint density at radius 1 is 1.12 bits per heavy atom. The van der Waals surface area contributed by atoms with Crippen LogP contribution in [0.15, 0.2) is 24.4 Å². The molecule has 2 saturated heterocycles. The Labute approximate surface area is 147 Å². The second-order valence-electron chi connectivity index (χ2n) is 7.12. The largest absolute Gasteiger partial charge is 0.378 e. The topological polar surface area (TPSA) is 60.4 Å². The van der Waals surface area contributed by atoms with Gasteiger partial charge in [0.15, 0.2) is 5.82 Å². The molecule has 2 fully saturated rings. The molecule has 0 bridgehead atoms. The summed E-state index contributed by atoms with van der Waals surface area (Å²) in [5.74, 6) is 1.82. The van der Waals surface area contributed by atoms with E-state index in [1.807, 2.05) is 18.2 Å². The number of fused-ring (bicyclic) bond motifs is 1. The molecule has 25 heavy (non-hydrogen) atoms. The van der Waals surface area contributed by atoms with Gasteiger partial charge in [0.2, 0.25) is 0 Å². The summed E-state index contributed by atoms with van der Waals surface area (Å²) in [4.78, 5) is 16.6. The maximum absolute atomic E-state index is 6.09. The molecule has 6 nitrogen and oxygen atoms in total. The van der Waals surface area contributed by atoms with Crippen molar-refractivity contribution in [3.8, 4) is 11.5 Å². The van der Waals surface area contributed by atoms with Crippen molar-refractivity contribution < 1.29 is 9.47 Å². The van der Waals surface area contributed by atoms with Crippen LogP contribution in [0.1, 0.15) is 24.1 Å². The molecule has 1 aliphatic carbocycles. The van der Waals surface area contributed by atoms with Gasteiger partial charge in [0.1, 0.15) is 17.1 Å². The zero-order chi connectivity index (χ0) is 16.7. The Balaban J connectivity index is 1.55. The first-order valence-electron chi connectivity index (χ1n) is 9.11. The third-order valence-electron chi connectivity index (χ3n) is 5.42. The molecule has 1 atom stereocenters. The monoisotopic (exact) mass is 338 g/mol. The predicted octanol–water partition coefficient (Wildman–Crippen LogP) is 2.02. The lowest BCUT2D eigenvalue weighted by Crippen LogP contribution is -2.53. The number of aromatic nitrogens is 3. The molecule has 0 saturated carbocycles. The van der Waals surface area contributed by atoms with Crippen LogP contribution in [0.2, 0.25) is 0 Å². The number of morpholine rings is 1. The van der Waals surface area contributed by atoms with Crippen LogP contribution < -0.4 is 4.90 Å². The summed E-state index contributed by atoms with van der Waals surface area (Å²) < 4.78 is 11.7. The highest BCUT2D eigenvalue weighted by molar-refractivity contribution is 5.59. The number of pyridine rings is 1. The lowest BCUT2D eigenvalue weighted by atomic mass is 10.0. The molecule has 5 rings (SSSR count). The zero-order valence-corrected chi connectivity index (χ0v) is 14.3. The molecule has 6 heteroatoms. The van der Waals surface area contributed by atoms with Crippen molar-refractivity contribution in [2.45, 2.75) is 31.3 Å². The van der Waals surface area contributed by atoms with E-state index in [1.165, 1.54) is 11.3 Å². The third kappa shape index (κ3) is 2.69. The maximum atomic E-state index is 6.09. The van der Waals surface area contributed by atoms with Crippen LogP contribution in [0.3, 0.4) is 0 Å². The Morgan fingerprint density at radius 2 is 2.12 bits per heavy atom. The zero-order valence-electron chi connectivity index (χ0n) is 14.3. The van der Waals surface area contributed by atoms with Crippen molar-refractivity contribution in [2.24, 2.45) is 0 Å². The highest BCUT2D eigenvalue weighted by Crippen LogP contribution is 2.35. The van der Waals surface area contributed by atoms with E-state index in [1.54, 1.807) is 6.20 Å². The summed E-state index contributed by atoms with van der Waals surface area (Å²) in [6.45, 7) is 3.91. The van der Waals surface area contributed by atoms with E-state index in [4.69, 9.17) is 19.4 Å². The summed E-state index contributed by atoms with van der Waals surface area (Å²) in [5.41, 5.74) is 3.18. The fraction of sp³-hybridized carbons (Fsp3) is 0.526. The lowest BCUT2D eigenvalue weighted by molar-refractivity contribution is -0.0581. The van der Waals surface area contributed by atoms with Gasteiger partial charge >= 0.3 is 0 Å². The first-order valence-corrected chi connectivity index (χ1v) is 9.11. The average molecular weight is 338 g/mol. The molecular formula is C19H22N4O2. The number of ether oxygens (including phenoxy) is 2. The highest BCUT2D eigenvalue weighted by atomic mass is 16.6. The molecule has 1 spiro atoms. The number of aryl methyl sites for hydroxylation is 1. The summed E-state index contributed by atoms with van der Waals surface area (Å²) >= 11 is 0. The number of hydrogen-bond donors (Lipinski definition) is 0. The number of anilines is 1. The summed E-state index contributed by atoms with van der Waals surface area (Å²) in [5, 5.41) is 0. The lowest BCUT2D eigenvalue weighted by Gasteiger charge is -2.40. The predicted molar refractivity (Wildman–Crippen MR) is 93.6 cm³/mol. The highest BCUT2D eigenvalue weighted by Gasteiger charge is 2.41. The van der Waals surface area contributed by atoms with Crippen LogP contribution in [0.5, 0.6) is 0 Å². The van der Waals surface area contributed by atoms with Crippen LogP contribution in [0, 0.1) is 0 Å². The van der Waals surface area contributed by atoms with Crippen molar-refractivity contribution in [2.75, 3.05) is 37.8 Å². The molecular weight excluding hydrogens is 316 g/mol. The SMILES string of the molecule is c1ccc(-c2nc3c(c(N4CCOC5(CCOC5)C4)n2)CCC3)nc1. The van der Waals surface area contributed by atoms with Gasteiger partial charge in [0, 0.05) is 37.0 Å². The Bertz CT molecular complexity index is 774. The van der Waals surface area contributed by atoms with Gasteiger partial charge < -0.3 is 14.4 Å². The molecule has 2 aromatic heterocycles. The Morgan fingerprint density at radius 3 is 2.96 bits per heavy atom. The molecule has 0 amide bonds. The van der Waals surface area contributed by atoms with Crippen molar-refractivity contribution >= 4 is 5.82 Å². The third-order valence-corrected chi connectivity index (χ3v) is 5.42. The van der Waals surface area contributed by atoms with E-state index in [9.17, 15) is 0 Å². The summed E-state index contributed by atoms with van der Waals surface area (Å²) in [6, 6.07) is 5.88. The first kappa shape index (κ1) is 15.2. The minimum absolute atomic E-state index is 0.167. The second kappa shape index (κ2) is 6.04. The van der Waals surface area contributed by atoms with Gasteiger partial charge in [-0.15, -0.1) is 0 Å². The fourth-order valence-electron chi connectivity index (χ4n) is 4.14. The maximum Gasteiger partial charge on any atom is 0.180 e. The summed E-state index contributed by atoms with van der Waals surface area (Å²) in [7, 11) is 0. The van der Waals surface area contributed by atoms with Crippen molar-refractivity contribution in [1.29, 1.82) is 0 Å². The van der Waals surface area contributed by atoms with E-state index in [0.29, 0.717) is 6.61 Å². The minimum Gasteiger partial charge on any atom is -0.378 e. The van der Waals surface area contributed by atoms with Gasteiger partial charge in [-0.05, 0) is 31.4 Å². The smallest absolute Gasteiger partial charge is 0.180 e. The van der Waals surface area contributed by atoms with Gasteiger partial charge in [-0.2, -0.15) is 0 Å². The molecule has 0 aromatic carbocycles. The van der Waals surface area contributed by atoms with Crippen LogP contribution in [-0.2, 0) is 22.3 Å². The quantitative estimate of drug-likeness (QED) is 0.835. The Hall–Kier alpha value is -2.05. The van der Waals surface area contributed by atoms with E-state index in [0.717, 1.165) is 69.3 Å². The van der Waals surface area contributed by atoms with Crippen molar-refractivity contribution in [3.05, 3.63) is 35.7 Å². The van der Waals surface area contributed by atoms with Crippen LogP contribution in [0.4, 0.5) is 5.82 Å². The number of rotatable bonds is 2. The van der Waals surface area contributed by atoms with Crippen molar-refractivity contribution in [3.63, 3.8) is 0 Å². The van der Waals surface area contributed by atoms with Gasteiger partial charge in [0.05, 0.1) is 19.8 Å². The molecule has 130 valence electrons. The standard InChI is InChI=1S/C19H22N4O2/c1-2-8-20-16(5-1)17-21-15-6-3-4-14(15)18(22-17)23-9-11-25-19(12-23)7-10-24-13-19/h1-2,5,8H,3-4,6-7,9-13H2. The molecule has 1 unspecified atom stereocenters. The summed E-state index contributed by atoms with van der Waals surface area (Å²) in [6.07, 6.45) is 6.01.